The predicted molar refractivity (Wildman–Crippen MR) is 231 cm³/mol. The minimum Gasteiger partial charge on any atom is -0.0622 e. The van der Waals surface area contributed by atoms with Crippen LogP contribution in [-0.2, 0) is 0 Å². The van der Waals surface area contributed by atoms with Gasteiger partial charge >= 0.3 is 0 Å². The zero-order chi connectivity index (χ0) is 35.3. The van der Waals surface area contributed by atoms with Gasteiger partial charge in [-0.3, -0.25) is 0 Å². The average Bonchev–Trinajstić information content (AvgIpc) is 3.58. The van der Waals surface area contributed by atoms with E-state index >= 15 is 0 Å². The number of hydrogen-bond acceptors (Lipinski definition) is 0. The summed E-state index contributed by atoms with van der Waals surface area (Å²) in [5.74, 6) is 0. The van der Waals surface area contributed by atoms with Crippen molar-refractivity contribution in [3.05, 3.63) is 194 Å². The SMILES string of the molecule is c1ccc(-c2ccccc2-c2ccc3c4c5c(c(-c6ccccc6)c6cccc(c7cccc2c73)c64)-c2ccc(-c3ccccc3)c3cccc-5c23)cc1. The molecule has 54 heavy (non-hydrogen) atoms. The first kappa shape index (κ1) is 29.5. The van der Waals surface area contributed by atoms with Crippen LogP contribution in [0.4, 0.5) is 0 Å². The molecule has 0 unspecified atom stereocenters. The molecule has 0 aromatic heterocycles. The van der Waals surface area contributed by atoms with Crippen LogP contribution in [-0.4, -0.2) is 0 Å². The van der Waals surface area contributed by atoms with Crippen molar-refractivity contribution in [2.24, 2.45) is 0 Å². The average molecular weight is 681 g/mol. The van der Waals surface area contributed by atoms with E-state index < -0.39 is 0 Å². The van der Waals surface area contributed by atoms with Crippen LogP contribution < -0.4 is 0 Å². The molecule has 0 heterocycles. The van der Waals surface area contributed by atoms with Crippen molar-refractivity contribution in [3.8, 4) is 66.8 Å². The summed E-state index contributed by atoms with van der Waals surface area (Å²) in [4.78, 5) is 0. The first-order valence-corrected chi connectivity index (χ1v) is 18.9. The van der Waals surface area contributed by atoms with Crippen molar-refractivity contribution < 1.29 is 0 Å². The van der Waals surface area contributed by atoms with E-state index in [0.717, 1.165) is 0 Å². The highest BCUT2D eigenvalue weighted by Crippen LogP contribution is 2.59. The monoisotopic (exact) mass is 680 g/mol. The zero-order valence-corrected chi connectivity index (χ0v) is 29.5. The molecule has 0 bridgehead atoms. The minimum absolute atomic E-state index is 1.23. The lowest BCUT2D eigenvalue weighted by Gasteiger charge is -2.23. The van der Waals surface area contributed by atoms with Gasteiger partial charge in [-0.2, -0.15) is 0 Å². The summed E-state index contributed by atoms with van der Waals surface area (Å²) in [6.07, 6.45) is 0. The fraction of sp³-hybridized carbons (Fsp3) is 0. The second-order valence-electron chi connectivity index (χ2n) is 14.6. The summed E-state index contributed by atoms with van der Waals surface area (Å²) in [5.41, 5.74) is 15.4. The number of hydrogen-bond donors (Lipinski definition) is 0. The van der Waals surface area contributed by atoms with E-state index in [-0.39, 0.29) is 0 Å². The molecule has 0 saturated carbocycles. The Morgan fingerprint density at radius 1 is 0.167 bits per heavy atom. The van der Waals surface area contributed by atoms with Crippen LogP contribution in [0.2, 0.25) is 0 Å². The molecule has 0 radical (unpaired) electrons. The van der Waals surface area contributed by atoms with Gasteiger partial charge in [0.1, 0.15) is 0 Å². The maximum absolute atomic E-state index is 2.43. The molecule has 0 amide bonds. The quantitative estimate of drug-likeness (QED) is 0.128. The Labute approximate surface area is 313 Å². The molecular formula is C54H32. The van der Waals surface area contributed by atoms with Crippen LogP contribution in [0.1, 0.15) is 0 Å². The van der Waals surface area contributed by atoms with Crippen LogP contribution >= 0.6 is 0 Å². The van der Waals surface area contributed by atoms with Gasteiger partial charge < -0.3 is 0 Å². The molecule has 0 atom stereocenters. The summed E-state index contributed by atoms with van der Waals surface area (Å²) >= 11 is 0. The van der Waals surface area contributed by atoms with E-state index in [2.05, 4.69) is 194 Å². The zero-order valence-electron chi connectivity index (χ0n) is 29.5. The third kappa shape index (κ3) is 3.97. The summed E-state index contributed by atoms with van der Waals surface area (Å²) in [6.45, 7) is 0. The number of fused-ring (bicyclic) bond motifs is 6. The molecule has 12 rings (SSSR count). The first-order chi connectivity index (χ1) is 26.8. The fourth-order valence-corrected chi connectivity index (χ4v) is 9.83. The lowest BCUT2D eigenvalue weighted by atomic mass is 9.80. The van der Waals surface area contributed by atoms with E-state index in [4.69, 9.17) is 0 Å². The van der Waals surface area contributed by atoms with Crippen LogP contribution in [0.15, 0.2) is 194 Å². The first-order valence-electron chi connectivity index (χ1n) is 18.9. The third-order valence-electron chi connectivity index (χ3n) is 12.0. The van der Waals surface area contributed by atoms with Crippen molar-refractivity contribution >= 4 is 53.9 Å². The van der Waals surface area contributed by atoms with Gasteiger partial charge in [0.2, 0.25) is 0 Å². The normalized spacial score (nSPS) is 12.1. The van der Waals surface area contributed by atoms with Crippen molar-refractivity contribution in [2.45, 2.75) is 0 Å². The Hall–Kier alpha value is -7.02. The summed E-state index contributed by atoms with van der Waals surface area (Å²) < 4.78 is 0. The molecule has 11 aromatic rings. The Morgan fingerprint density at radius 2 is 0.648 bits per heavy atom. The molecule has 1 aliphatic rings. The van der Waals surface area contributed by atoms with Crippen molar-refractivity contribution in [2.75, 3.05) is 0 Å². The predicted octanol–water partition coefficient (Wildman–Crippen LogP) is 15.2. The molecule has 0 spiro atoms. The Bertz CT molecular complexity index is 3280. The Balaban J connectivity index is 1.27. The molecule has 248 valence electrons. The van der Waals surface area contributed by atoms with E-state index in [1.54, 1.807) is 0 Å². The molecule has 0 aliphatic heterocycles. The van der Waals surface area contributed by atoms with Crippen LogP contribution in [0.5, 0.6) is 0 Å². The van der Waals surface area contributed by atoms with Gasteiger partial charge in [0.15, 0.2) is 0 Å². The van der Waals surface area contributed by atoms with Gasteiger partial charge in [-0.1, -0.05) is 194 Å². The topological polar surface area (TPSA) is 0 Å². The van der Waals surface area contributed by atoms with Gasteiger partial charge in [-0.25, -0.2) is 0 Å². The molecule has 0 saturated heterocycles. The minimum atomic E-state index is 1.23. The molecular weight excluding hydrogens is 649 g/mol. The highest BCUT2D eigenvalue weighted by molar-refractivity contribution is 6.42. The molecule has 0 heteroatoms. The lowest BCUT2D eigenvalue weighted by Crippen LogP contribution is -1.95. The molecule has 11 aromatic carbocycles. The molecule has 0 nitrogen and oxygen atoms in total. The highest BCUT2D eigenvalue weighted by atomic mass is 14.3. The summed E-state index contributed by atoms with van der Waals surface area (Å²) in [6, 6.07) is 72.0. The Morgan fingerprint density at radius 3 is 1.37 bits per heavy atom. The smallest absolute Gasteiger partial charge is 0.000696 e. The van der Waals surface area contributed by atoms with E-state index in [0.29, 0.717) is 0 Å². The van der Waals surface area contributed by atoms with Gasteiger partial charge in [-0.15, -0.1) is 0 Å². The van der Waals surface area contributed by atoms with Crippen molar-refractivity contribution in [3.63, 3.8) is 0 Å². The molecule has 0 N–H and O–H groups in total. The van der Waals surface area contributed by atoms with E-state index in [1.165, 1.54) is 121 Å². The standard InChI is InChI=1S/C54H32/c1-4-15-33(16-5-1)36-21-10-11-22-38(36)39-30-32-46-49-41(39)24-12-25-42(49)43-26-14-27-44-48(35-19-8-3-9-20-35)52-47-31-29-37(34-17-6-2-7-18-34)40-23-13-28-45(50(40)47)54(52)53(46)51(43)44/h1-32H. The Kier molecular flexibility index (Phi) is 6.15. The second kappa shape index (κ2) is 11.2. The van der Waals surface area contributed by atoms with E-state index in [9.17, 15) is 0 Å². The van der Waals surface area contributed by atoms with Gasteiger partial charge in [0, 0.05) is 0 Å². The summed E-state index contributed by atoms with van der Waals surface area (Å²) in [7, 11) is 0. The molecule has 1 aliphatic carbocycles. The maximum Gasteiger partial charge on any atom is -0.000696 e. The molecule has 0 fully saturated rings. The van der Waals surface area contributed by atoms with Gasteiger partial charge in [0.05, 0.1) is 0 Å². The number of rotatable bonds is 4. The largest absolute Gasteiger partial charge is 0.0622 e. The second-order valence-corrected chi connectivity index (χ2v) is 14.6. The van der Waals surface area contributed by atoms with E-state index in [1.807, 2.05) is 0 Å². The van der Waals surface area contributed by atoms with Crippen LogP contribution in [0.25, 0.3) is 121 Å². The van der Waals surface area contributed by atoms with Gasteiger partial charge in [0.25, 0.3) is 0 Å². The van der Waals surface area contributed by atoms with Crippen molar-refractivity contribution in [1.82, 2.24) is 0 Å². The number of benzene rings is 11. The highest BCUT2D eigenvalue weighted by Gasteiger charge is 2.31. The van der Waals surface area contributed by atoms with Crippen LogP contribution in [0.3, 0.4) is 0 Å². The maximum atomic E-state index is 2.43. The summed E-state index contributed by atoms with van der Waals surface area (Å²) in [5, 5.41) is 13.2. The van der Waals surface area contributed by atoms with Gasteiger partial charge in [-0.05, 0) is 121 Å². The third-order valence-corrected chi connectivity index (χ3v) is 12.0. The lowest BCUT2D eigenvalue weighted by molar-refractivity contribution is 1.60. The van der Waals surface area contributed by atoms with Crippen LogP contribution in [0, 0.1) is 0 Å². The van der Waals surface area contributed by atoms with Crippen molar-refractivity contribution in [1.29, 1.82) is 0 Å². The fourth-order valence-electron chi connectivity index (χ4n) is 9.83.